The first-order valence-corrected chi connectivity index (χ1v) is 11.0. The van der Waals surface area contributed by atoms with Gasteiger partial charge in [0.05, 0.1) is 30.2 Å². The minimum atomic E-state index is -1.07. The van der Waals surface area contributed by atoms with Crippen LogP contribution in [0.4, 0.5) is 0 Å². The third-order valence-corrected chi connectivity index (χ3v) is 5.93. The van der Waals surface area contributed by atoms with Crippen molar-refractivity contribution in [3.63, 3.8) is 0 Å². The van der Waals surface area contributed by atoms with Gasteiger partial charge < -0.3 is 14.7 Å². The van der Waals surface area contributed by atoms with Gasteiger partial charge in [0.25, 0.3) is 5.91 Å². The molecule has 1 saturated heterocycles. The number of piperidine rings is 1. The van der Waals surface area contributed by atoms with E-state index < -0.39 is 5.97 Å². The van der Waals surface area contributed by atoms with Crippen LogP contribution in [0.15, 0.2) is 48.9 Å². The normalized spacial score (nSPS) is 18.4. The van der Waals surface area contributed by atoms with E-state index in [2.05, 4.69) is 15.2 Å². The highest BCUT2D eigenvalue weighted by atomic mass is 16.5. The standard InChI is InChI=1S/C24H27N5O4/c1-15(2)18-10-11-25-22(21(18)24(31)32)33-17-9-8-16(3)28(14-17)23(30)19-6-4-5-7-20(19)29-26-12-13-27-29/h4-7,10-13,15-17H,8-9,14H2,1-3H3,(H,31,32)/t16-,17-/m1/s1. The van der Waals surface area contributed by atoms with Crippen LogP contribution in [0.25, 0.3) is 5.69 Å². The van der Waals surface area contributed by atoms with Gasteiger partial charge in [-0.05, 0) is 49.4 Å². The van der Waals surface area contributed by atoms with Crippen molar-refractivity contribution in [3.8, 4) is 11.6 Å². The van der Waals surface area contributed by atoms with Crippen LogP contribution >= 0.6 is 0 Å². The Hall–Kier alpha value is -3.75. The lowest BCUT2D eigenvalue weighted by molar-refractivity contribution is 0.0362. The number of pyridine rings is 1. The maximum Gasteiger partial charge on any atom is 0.341 e. The molecule has 2 atom stereocenters. The fourth-order valence-electron chi connectivity index (χ4n) is 4.18. The Balaban J connectivity index is 1.59. The van der Waals surface area contributed by atoms with Crippen LogP contribution in [0.1, 0.15) is 65.8 Å². The second-order valence-corrected chi connectivity index (χ2v) is 8.50. The van der Waals surface area contributed by atoms with Crippen molar-refractivity contribution in [3.05, 3.63) is 65.6 Å². The molecule has 2 aromatic heterocycles. The van der Waals surface area contributed by atoms with Gasteiger partial charge in [0.1, 0.15) is 11.7 Å². The first-order valence-electron chi connectivity index (χ1n) is 11.0. The van der Waals surface area contributed by atoms with Gasteiger partial charge in [0.15, 0.2) is 0 Å². The number of aromatic carboxylic acids is 1. The molecular formula is C24H27N5O4. The molecule has 33 heavy (non-hydrogen) atoms. The first-order chi connectivity index (χ1) is 15.9. The zero-order chi connectivity index (χ0) is 23.5. The number of nitrogens with zero attached hydrogens (tertiary/aromatic N) is 5. The Morgan fingerprint density at radius 2 is 1.82 bits per heavy atom. The molecule has 3 aromatic rings. The Kier molecular flexibility index (Phi) is 6.39. The zero-order valence-electron chi connectivity index (χ0n) is 18.9. The van der Waals surface area contributed by atoms with E-state index in [-0.39, 0.29) is 35.4 Å². The third-order valence-electron chi connectivity index (χ3n) is 5.93. The number of aromatic nitrogens is 4. The van der Waals surface area contributed by atoms with Crippen LogP contribution in [0, 0.1) is 0 Å². The molecule has 1 fully saturated rings. The Morgan fingerprint density at radius 3 is 2.52 bits per heavy atom. The topological polar surface area (TPSA) is 110 Å². The van der Waals surface area contributed by atoms with Crippen LogP contribution in [-0.2, 0) is 0 Å². The summed E-state index contributed by atoms with van der Waals surface area (Å²) in [5.74, 6) is -1.11. The number of benzene rings is 1. The van der Waals surface area contributed by atoms with Gasteiger partial charge in [-0.15, -0.1) is 0 Å². The Bertz CT molecular complexity index is 1150. The van der Waals surface area contributed by atoms with Crippen molar-refractivity contribution in [2.24, 2.45) is 0 Å². The van der Waals surface area contributed by atoms with E-state index in [0.717, 1.165) is 6.42 Å². The van der Waals surface area contributed by atoms with Gasteiger partial charge >= 0.3 is 5.97 Å². The minimum absolute atomic E-state index is 0.00453. The highest BCUT2D eigenvalue weighted by molar-refractivity contribution is 5.98. The Morgan fingerprint density at radius 1 is 1.09 bits per heavy atom. The number of hydrogen-bond acceptors (Lipinski definition) is 6. The fraction of sp³-hybridized carbons (Fsp3) is 0.375. The summed E-state index contributed by atoms with van der Waals surface area (Å²) in [7, 11) is 0. The number of carboxylic acids is 1. The number of likely N-dealkylation sites (tertiary alicyclic amines) is 1. The molecule has 0 unspecified atom stereocenters. The molecule has 0 spiro atoms. The predicted molar refractivity (Wildman–Crippen MR) is 121 cm³/mol. The van der Waals surface area contributed by atoms with Gasteiger partial charge in [-0.1, -0.05) is 26.0 Å². The first kappa shape index (κ1) is 22.4. The molecule has 4 rings (SSSR count). The van der Waals surface area contributed by atoms with Crippen LogP contribution < -0.4 is 4.74 Å². The largest absolute Gasteiger partial charge is 0.477 e. The van der Waals surface area contributed by atoms with E-state index >= 15 is 0 Å². The van der Waals surface area contributed by atoms with Gasteiger partial charge in [-0.3, -0.25) is 4.79 Å². The average Bonchev–Trinajstić information content (AvgIpc) is 3.34. The summed E-state index contributed by atoms with van der Waals surface area (Å²) in [6.45, 7) is 6.19. The number of amides is 1. The third kappa shape index (κ3) is 4.57. The maximum absolute atomic E-state index is 13.5. The van der Waals surface area contributed by atoms with Crippen LogP contribution in [0.3, 0.4) is 0 Å². The van der Waals surface area contributed by atoms with Crippen LogP contribution in [-0.4, -0.2) is 60.6 Å². The van der Waals surface area contributed by atoms with Crippen molar-refractivity contribution in [2.45, 2.75) is 51.7 Å². The molecular weight excluding hydrogens is 422 g/mol. The molecule has 172 valence electrons. The SMILES string of the molecule is CC(C)c1ccnc(O[C@@H]2CC[C@@H](C)N(C(=O)c3ccccc3-n3nccn3)C2)c1C(=O)O. The predicted octanol–water partition coefficient (Wildman–Crippen LogP) is 3.56. The van der Waals surface area contributed by atoms with Gasteiger partial charge in [0.2, 0.25) is 5.88 Å². The van der Waals surface area contributed by atoms with E-state index in [0.29, 0.717) is 29.8 Å². The highest BCUT2D eigenvalue weighted by Gasteiger charge is 2.33. The lowest BCUT2D eigenvalue weighted by atomic mass is 9.98. The second-order valence-electron chi connectivity index (χ2n) is 8.50. The van der Waals surface area contributed by atoms with E-state index in [1.165, 1.54) is 4.80 Å². The maximum atomic E-state index is 13.5. The van der Waals surface area contributed by atoms with E-state index in [4.69, 9.17) is 4.74 Å². The number of hydrogen-bond donors (Lipinski definition) is 1. The summed E-state index contributed by atoms with van der Waals surface area (Å²) in [6, 6.07) is 8.92. The quantitative estimate of drug-likeness (QED) is 0.613. The molecule has 1 aliphatic heterocycles. The summed E-state index contributed by atoms with van der Waals surface area (Å²) in [5.41, 5.74) is 1.85. The van der Waals surface area contributed by atoms with Crippen LogP contribution in [0.5, 0.6) is 5.88 Å². The van der Waals surface area contributed by atoms with Crippen molar-refractivity contribution in [1.29, 1.82) is 0 Å². The lowest BCUT2D eigenvalue weighted by Crippen LogP contribution is -2.49. The molecule has 0 radical (unpaired) electrons. The summed E-state index contributed by atoms with van der Waals surface area (Å²) >= 11 is 0. The number of para-hydroxylation sites is 1. The minimum Gasteiger partial charge on any atom is -0.477 e. The van der Waals surface area contributed by atoms with Crippen molar-refractivity contribution in [2.75, 3.05) is 6.54 Å². The molecule has 9 heteroatoms. The highest BCUT2D eigenvalue weighted by Crippen LogP contribution is 2.29. The summed E-state index contributed by atoms with van der Waals surface area (Å²) in [4.78, 5) is 32.9. The molecule has 0 saturated carbocycles. The van der Waals surface area contributed by atoms with Crippen LogP contribution in [0.2, 0.25) is 0 Å². The number of rotatable bonds is 6. The van der Waals surface area contributed by atoms with Crippen molar-refractivity contribution >= 4 is 11.9 Å². The molecule has 1 N–H and O–H groups in total. The monoisotopic (exact) mass is 449 g/mol. The molecule has 9 nitrogen and oxygen atoms in total. The molecule has 1 aromatic carbocycles. The molecule has 1 amide bonds. The Labute approximate surface area is 192 Å². The molecule has 3 heterocycles. The molecule has 0 bridgehead atoms. The van der Waals surface area contributed by atoms with Gasteiger partial charge in [0, 0.05) is 12.2 Å². The van der Waals surface area contributed by atoms with Gasteiger partial charge in [-0.25, -0.2) is 9.78 Å². The van der Waals surface area contributed by atoms with E-state index in [1.807, 2.05) is 32.9 Å². The fourth-order valence-corrected chi connectivity index (χ4v) is 4.18. The number of carbonyl (C=O) groups is 2. The number of carboxylic acid groups (broad SMARTS) is 1. The zero-order valence-corrected chi connectivity index (χ0v) is 18.9. The summed E-state index contributed by atoms with van der Waals surface area (Å²) in [5, 5.41) is 18.1. The van der Waals surface area contributed by atoms with Crippen molar-refractivity contribution in [1.82, 2.24) is 24.9 Å². The van der Waals surface area contributed by atoms with E-state index in [9.17, 15) is 14.7 Å². The average molecular weight is 450 g/mol. The molecule has 1 aliphatic rings. The summed E-state index contributed by atoms with van der Waals surface area (Å²) < 4.78 is 6.09. The lowest BCUT2D eigenvalue weighted by Gasteiger charge is -2.38. The second kappa shape index (κ2) is 9.40. The number of carbonyl (C=O) groups excluding carboxylic acids is 1. The van der Waals surface area contributed by atoms with Gasteiger partial charge in [-0.2, -0.15) is 15.0 Å². The van der Waals surface area contributed by atoms with E-state index in [1.54, 1.807) is 41.7 Å². The number of ether oxygens (including phenoxy) is 1. The molecule has 0 aliphatic carbocycles. The smallest absolute Gasteiger partial charge is 0.341 e. The summed E-state index contributed by atoms with van der Waals surface area (Å²) in [6.07, 6.45) is 5.75. The van der Waals surface area contributed by atoms with Crippen molar-refractivity contribution < 1.29 is 19.4 Å².